The Labute approximate surface area is 197 Å². The van der Waals surface area contributed by atoms with Gasteiger partial charge in [-0.3, -0.25) is 9.59 Å². The van der Waals surface area contributed by atoms with E-state index in [2.05, 4.69) is 26.8 Å². The summed E-state index contributed by atoms with van der Waals surface area (Å²) in [6.45, 7) is 8.37. The number of hydrogen-bond acceptors (Lipinski definition) is 6. The third-order valence-corrected chi connectivity index (χ3v) is 11.1. The smallest absolute Gasteiger partial charge is 0.192 e. The van der Waals surface area contributed by atoms with Crippen LogP contribution >= 0.6 is 0 Å². The minimum absolute atomic E-state index is 0.0319. The van der Waals surface area contributed by atoms with Gasteiger partial charge in [0.05, 0.1) is 11.1 Å². The highest BCUT2D eigenvalue weighted by Gasteiger charge is 2.68. The van der Waals surface area contributed by atoms with E-state index in [1.54, 1.807) is 6.92 Å². The maximum absolute atomic E-state index is 13.9. The van der Waals surface area contributed by atoms with Crippen molar-refractivity contribution in [2.24, 2.45) is 51.2 Å². The third kappa shape index (κ3) is 2.65. The number of Topliss-reactive ketones (excluding diaryl/α,β-unsaturated/α-hetero) is 1. The van der Waals surface area contributed by atoms with Crippen LogP contribution < -0.4 is 17.2 Å². The van der Waals surface area contributed by atoms with E-state index >= 15 is 0 Å². The van der Waals surface area contributed by atoms with E-state index in [1.165, 1.54) is 0 Å². The molecule has 0 amide bonds. The molecule has 33 heavy (non-hydrogen) atoms. The van der Waals surface area contributed by atoms with Gasteiger partial charge in [0, 0.05) is 22.9 Å². The maximum Gasteiger partial charge on any atom is 0.192 e. The number of nitrogens with zero attached hydrogens (tertiary/aromatic N) is 1. The van der Waals surface area contributed by atoms with Crippen LogP contribution in [0.15, 0.2) is 23.3 Å². The molecular formula is C27H38N4O2. The van der Waals surface area contributed by atoms with Gasteiger partial charge in [-0.2, -0.15) is 5.26 Å². The summed E-state index contributed by atoms with van der Waals surface area (Å²) in [4.78, 5) is 26.9. The standard InChI is InChI=1S/C27H38N4O2/c1-23-8-5-16(29)13-27(23,31)21-17(6-9-23)24(2)10-7-19-25(3,20(24)11-18(21)32)12-15(14-28)22(33)26(19,4)30/h11-12,16-17,19,21H,5-10,13,29-31H2,1-4H3. The molecule has 0 heterocycles. The SMILES string of the molecule is CC1(N)C(=O)C(C#N)=CC2(C)C3=CC(=O)C4C(CCC5(C)CCC(N)CC45N)C3(C)CCC12. The first-order chi connectivity index (χ1) is 15.2. The molecule has 6 heteroatoms. The second-order valence-electron chi connectivity index (χ2n) is 12.8. The number of carbonyl (C=O) groups excluding carboxylic acids is 2. The van der Waals surface area contributed by atoms with Crippen LogP contribution in [0, 0.1) is 45.3 Å². The first-order valence-electron chi connectivity index (χ1n) is 12.5. The lowest BCUT2D eigenvalue weighted by atomic mass is 9.38. The van der Waals surface area contributed by atoms with Gasteiger partial charge in [0.15, 0.2) is 11.6 Å². The molecule has 0 bridgehead atoms. The number of hydrogen-bond donors (Lipinski definition) is 3. The van der Waals surface area contributed by atoms with Gasteiger partial charge in [-0.1, -0.05) is 32.4 Å². The molecule has 178 valence electrons. The van der Waals surface area contributed by atoms with E-state index in [9.17, 15) is 14.9 Å². The Morgan fingerprint density at radius 2 is 1.70 bits per heavy atom. The topological polar surface area (TPSA) is 136 Å². The number of allylic oxidation sites excluding steroid dienone is 3. The first-order valence-corrected chi connectivity index (χ1v) is 12.5. The van der Waals surface area contributed by atoms with Crippen molar-refractivity contribution in [3.63, 3.8) is 0 Å². The Morgan fingerprint density at radius 1 is 1.03 bits per heavy atom. The number of carbonyl (C=O) groups is 2. The molecule has 5 aliphatic rings. The third-order valence-electron chi connectivity index (χ3n) is 11.1. The molecular weight excluding hydrogens is 412 g/mol. The Kier molecular flexibility index (Phi) is 4.63. The number of fused-ring (bicyclic) bond motifs is 7. The summed E-state index contributed by atoms with van der Waals surface area (Å²) >= 11 is 0. The summed E-state index contributed by atoms with van der Waals surface area (Å²) in [5, 5.41) is 9.71. The van der Waals surface area contributed by atoms with Crippen molar-refractivity contribution < 1.29 is 9.59 Å². The number of nitriles is 1. The van der Waals surface area contributed by atoms with Crippen LogP contribution in [0.1, 0.15) is 72.6 Å². The molecule has 5 rings (SSSR count). The molecule has 3 saturated carbocycles. The molecule has 9 unspecified atom stereocenters. The van der Waals surface area contributed by atoms with E-state index in [0.29, 0.717) is 6.42 Å². The number of nitrogens with two attached hydrogens (primary N) is 3. The Balaban J connectivity index is 1.68. The van der Waals surface area contributed by atoms with E-state index < -0.39 is 16.5 Å². The molecule has 0 aromatic carbocycles. The molecule has 6 nitrogen and oxygen atoms in total. The van der Waals surface area contributed by atoms with Crippen LogP contribution in [0.5, 0.6) is 0 Å². The summed E-state index contributed by atoms with van der Waals surface area (Å²) in [7, 11) is 0. The number of rotatable bonds is 0. The van der Waals surface area contributed by atoms with E-state index in [0.717, 1.165) is 44.1 Å². The van der Waals surface area contributed by atoms with E-state index in [-0.39, 0.29) is 51.8 Å². The largest absolute Gasteiger partial charge is 0.328 e. The minimum atomic E-state index is -1.13. The van der Waals surface area contributed by atoms with E-state index in [1.807, 2.05) is 12.2 Å². The zero-order valence-corrected chi connectivity index (χ0v) is 20.4. The zero-order chi connectivity index (χ0) is 24.2. The van der Waals surface area contributed by atoms with Crippen molar-refractivity contribution in [2.75, 3.05) is 0 Å². The predicted octanol–water partition coefficient (Wildman–Crippen LogP) is 2.91. The second-order valence-corrected chi connectivity index (χ2v) is 12.8. The summed E-state index contributed by atoms with van der Waals surface area (Å²) in [5.41, 5.74) is 18.8. The first kappa shape index (κ1) is 23.0. The average Bonchev–Trinajstić information content (AvgIpc) is 2.73. The summed E-state index contributed by atoms with van der Waals surface area (Å²) in [6, 6.07) is 2.11. The van der Waals surface area contributed by atoms with Crippen LogP contribution in [-0.2, 0) is 9.59 Å². The maximum atomic E-state index is 13.9. The fourth-order valence-corrected chi connectivity index (χ4v) is 9.13. The minimum Gasteiger partial charge on any atom is -0.328 e. The normalized spacial score (nSPS) is 53.5. The average molecular weight is 451 g/mol. The lowest BCUT2D eigenvalue weighted by Gasteiger charge is -2.67. The highest BCUT2D eigenvalue weighted by Crippen LogP contribution is 2.68. The molecule has 5 aliphatic carbocycles. The van der Waals surface area contributed by atoms with Gasteiger partial charge in [-0.15, -0.1) is 0 Å². The van der Waals surface area contributed by atoms with Crippen molar-refractivity contribution in [3.8, 4) is 6.07 Å². The quantitative estimate of drug-likeness (QED) is 0.519. The summed E-state index contributed by atoms with van der Waals surface area (Å²) < 4.78 is 0. The highest BCUT2D eigenvalue weighted by molar-refractivity contribution is 6.07. The summed E-state index contributed by atoms with van der Waals surface area (Å²) in [6.07, 6.45) is 9.87. The Morgan fingerprint density at radius 3 is 2.36 bits per heavy atom. The van der Waals surface area contributed by atoms with Crippen LogP contribution in [0.25, 0.3) is 0 Å². The molecule has 0 radical (unpaired) electrons. The van der Waals surface area contributed by atoms with E-state index in [4.69, 9.17) is 17.2 Å². The lowest BCUT2D eigenvalue weighted by molar-refractivity contribution is -0.145. The Hall–Kier alpha value is -1.81. The van der Waals surface area contributed by atoms with Crippen molar-refractivity contribution in [1.29, 1.82) is 5.26 Å². The lowest BCUT2D eigenvalue weighted by Crippen LogP contribution is -2.72. The number of ketones is 2. The molecule has 0 spiro atoms. The monoisotopic (exact) mass is 450 g/mol. The van der Waals surface area contributed by atoms with Gasteiger partial charge < -0.3 is 17.2 Å². The van der Waals surface area contributed by atoms with Crippen molar-refractivity contribution in [3.05, 3.63) is 23.3 Å². The highest BCUT2D eigenvalue weighted by atomic mass is 16.1. The zero-order valence-electron chi connectivity index (χ0n) is 20.4. The molecule has 0 aromatic rings. The predicted molar refractivity (Wildman–Crippen MR) is 126 cm³/mol. The van der Waals surface area contributed by atoms with Gasteiger partial charge >= 0.3 is 0 Å². The van der Waals surface area contributed by atoms with Gasteiger partial charge in [-0.05, 0) is 80.6 Å². The molecule has 9 atom stereocenters. The Bertz CT molecular complexity index is 1050. The molecule has 0 aromatic heterocycles. The fourth-order valence-electron chi connectivity index (χ4n) is 9.13. The van der Waals surface area contributed by atoms with Crippen molar-refractivity contribution in [2.45, 2.75) is 89.8 Å². The molecule has 0 saturated heterocycles. The van der Waals surface area contributed by atoms with Crippen LogP contribution in [0.4, 0.5) is 0 Å². The van der Waals surface area contributed by atoms with Crippen LogP contribution in [0.2, 0.25) is 0 Å². The second kappa shape index (κ2) is 6.65. The van der Waals surface area contributed by atoms with Crippen molar-refractivity contribution in [1.82, 2.24) is 0 Å². The van der Waals surface area contributed by atoms with Gasteiger partial charge in [-0.25, -0.2) is 0 Å². The fraction of sp³-hybridized carbons (Fsp3) is 0.741. The summed E-state index contributed by atoms with van der Waals surface area (Å²) in [5.74, 6) is -0.458. The van der Waals surface area contributed by atoms with Gasteiger partial charge in [0.2, 0.25) is 0 Å². The molecule has 6 N–H and O–H groups in total. The van der Waals surface area contributed by atoms with Gasteiger partial charge in [0.1, 0.15) is 6.07 Å². The van der Waals surface area contributed by atoms with Crippen molar-refractivity contribution >= 4 is 11.6 Å². The van der Waals surface area contributed by atoms with Crippen LogP contribution in [-0.4, -0.2) is 28.7 Å². The van der Waals surface area contributed by atoms with Crippen LogP contribution in [0.3, 0.4) is 0 Å². The van der Waals surface area contributed by atoms with Gasteiger partial charge in [0.25, 0.3) is 0 Å². The molecule has 3 fully saturated rings. The molecule has 0 aliphatic heterocycles.